The van der Waals surface area contributed by atoms with E-state index in [1.54, 1.807) is 31.1 Å². The van der Waals surface area contributed by atoms with E-state index >= 15 is 0 Å². The highest BCUT2D eigenvalue weighted by molar-refractivity contribution is 8.13. The predicted octanol–water partition coefficient (Wildman–Crippen LogP) is 4.40. The van der Waals surface area contributed by atoms with E-state index in [0.29, 0.717) is 11.9 Å². The van der Waals surface area contributed by atoms with Crippen molar-refractivity contribution in [2.24, 2.45) is 4.99 Å². The van der Waals surface area contributed by atoms with Crippen molar-refractivity contribution in [3.05, 3.63) is 54.1 Å². The van der Waals surface area contributed by atoms with Gasteiger partial charge in [-0.25, -0.2) is 14.4 Å². The Morgan fingerprint density at radius 3 is 2.74 bits per heavy atom. The summed E-state index contributed by atoms with van der Waals surface area (Å²) in [5.41, 5.74) is 3.05. The number of aryl methyl sites for hydroxylation is 1. The van der Waals surface area contributed by atoms with Gasteiger partial charge in [-0.1, -0.05) is 11.8 Å². The molecule has 0 unspecified atom stereocenters. The molecule has 0 amide bonds. The van der Waals surface area contributed by atoms with Gasteiger partial charge in [0.15, 0.2) is 5.17 Å². The number of methoxy groups -OCH3 is 1. The summed E-state index contributed by atoms with van der Waals surface area (Å²) in [6.07, 6.45) is 3.74. The molecule has 5 nitrogen and oxygen atoms in total. The summed E-state index contributed by atoms with van der Waals surface area (Å²) in [6, 6.07) is 11.1. The highest BCUT2D eigenvalue weighted by Crippen LogP contribution is 2.32. The van der Waals surface area contributed by atoms with Gasteiger partial charge in [-0.05, 0) is 43.5 Å². The van der Waals surface area contributed by atoms with Gasteiger partial charge in [-0.2, -0.15) is 0 Å². The van der Waals surface area contributed by atoms with Crippen LogP contribution in [0.15, 0.2) is 47.6 Å². The highest BCUT2D eigenvalue weighted by Gasteiger charge is 2.32. The molecule has 0 bridgehead atoms. The van der Waals surface area contributed by atoms with Crippen molar-refractivity contribution in [2.45, 2.75) is 13.0 Å². The maximum Gasteiger partial charge on any atom is 0.213 e. The number of amidine groups is 1. The van der Waals surface area contributed by atoms with Gasteiger partial charge in [0.25, 0.3) is 0 Å². The fourth-order valence-corrected chi connectivity index (χ4v) is 4.12. The largest absolute Gasteiger partial charge is 0.481 e. The Hall–Kier alpha value is -2.54. The minimum atomic E-state index is -0.195. The topological polar surface area (TPSA) is 42.6 Å². The number of fused-ring (bicyclic) bond motifs is 1. The molecule has 0 saturated carbocycles. The molecule has 1 aliphatic heterocycles. The number of likely N-dealkylation sites (tertiary alicyclic amines) is 1. The van der Waals surface area contributed by atoms with Crippen molar-refractivity contribution in [1.82, 2.24) is 14.5 Å². The molecule has 7 heteroatoms. The van der Waals surface area contributed by atoms with E-state index in [9.17, 15) is 4.39 Å². The van der Waals surface area contributed by atoms with Crippen LogP contribution < -0.4 is 4.74 Å². The predicted molar refractivity (Wildman–Crippen MR) is 109 cm³/mol. The molecule has 140 valence electrons. The number of hydrogen-bond donors (Lipinski definition) is 0. The first kappa shape index (κ1) is 17.9. The maximum atomic E-state index is 13.5. The number of ether oxygens (including phenoxy) is 1. The maximum absolute atomic E-state index is 13.5. The fraction of sp³-hybridized carbons (Fsp3) is 0.300. The van der Waals surface area contributed by atoms with Crippen LogP contribution in [-0.2, 0) is 0 Å². The number of thioether (sulfide) groups is 1. The molecule has 3 heterocycles. The number of halogens is 1. The molecule has 0 radical (unpaired) electrons. The van der Waals surface area contributed by atoms with Crippen molar-refractivity contribution in [2.75, 3.05) is 26.5 Å². The number of aromatic nitrogens is 2. The van der Waals surface area contributed by atoms with Crippen molar-refractivity contribution >= 4 is 33.5 Å². The average Bonchev–Trinajstić information content (AvgIpc) is 2.95. The minimum absolute atomic E-state index is 0.195. The third kappa shape index (κ3) is 3.39. The zero-order chi connectivity index (χ0) is 19.0. The number of pyridine rings is 1. The summed E-state index contributed by atoms with van der Waals surface area (Å²) >= 11 is 1.63. The van der Waals surface area contributed by atoms with Crippen LogP contribution in [0.2, 0.25) is 0 Å². The van der Waals surface area contributed by atoms with Gasteiger partial charge >= 0.3 is 0 Å². The summed E-state index contributed by atoms with van der Waals surface area (Å²) in [4.78, 5) is 11.2. The Kier molecular flexibility index (Phi) is 4.78. The van der Waals surface area contributed by atoms with E-state index in [4.69, 9.17) is 9.73 Å². The molecular formula is C20H21FN4OS. The van der Waals surface area contributed by atoms with Crippen molar-refractivity contribution in [1.29, 1.82) is 0 Å². The van der Waals surface area contributed by atoms with E-state index in [0.717, 1.165) is 40.5 Å². The summed E-state index contributed by atoms with van der Waals surface area (Å²) in [5, 5.41) is 1.92. The second kappa shape index (κ2) is 7.23. The van der Waals surface area contributed by atoms with E-state index in [1.165, 1.54) is 6.07 Å². The molecule has 0 spiro atoms. The lowest BCUT2D eigenvalue weighted by Gasteiger charge is -2.42. The smallest absolute Gasteiger partial charge is 0.213 e. The van der Waals surface area contributed by atoms with E-state index in [-0.39, 0.29) is 5.82 Å². The molecule has 2 aromatic heterocycles. The standard InChI is InChI=1S/C20H21FN4OS/c1-13-8-14-9-15(21)4-6-18(14)25(13)17-11-24(12-17)20(27-3)23-16-5-7-19(26-2)22-10-16/h4-10,17H,11-12H2,1-3H3. The molecule has 0 aliphatic carbocycles. The lowest BCUT2D eigenvalue weighted by Crippen LogP contribution is -2.49. The van der Waals surface area contributed by atoms with Gasteiger partial charge < -0.3 is 14.2 Å². The van der Waals surface area contributed by atoms with Crippen LogP contribution in [0.4, 0.5) is 10.1 Å². The van der Waals surface area contributed by atoms with Crippen LogP contribution in [0.3, 0.4) is 0 Å². The second-order valence-electron chi connectivity index (χ2n) is 6.57. The number of benzene rings is 1. The van der Waals surface area contributed by atoms with Crippen molar-refractivity contribution in [3.8, 4) is 5.88 Å². The molecule has 1 fully saturated rings. The lowest BCUT2D eigenvalue weighted by molar-refractivity contribution is 0.199. The number of nitrogens with zero attached hydrogens (tertiary/aromatic N) is 4. The summed E-state index contributed by atoms with van der Waals surface area (Å²) < 4.78 is 20.9. The highest BCUT2D eigenvalue weighted by atomic mass is 32.2. The van der Waals surface area contributed by atoms with Gasteiger partial charge in [-0.15, -0.1) is 0 Å². The quantitative estimate of drug-likeness (QED) is 0.496. The Morgan fingerprint density at radius 1 is 1.26 bits per heavy atom. The van der Waals surface area contributed by atoms with Gasteiger partial charge in [0, 0.05) is 35.8 Å². The zero-order valence-corrected chi connectivity index (χ0v) is 16.3. The molecule has 1 saturated heterocycles. The van der Waals surface area contributed by atoms with Crippen LogP contribution in [0, 0.1) is 12.7 Å². The van der Waals surface area contributed by atoms with Crippen LogP contribution >= 0.6 is 11.8 Å². The molecule has 1 aromatic carbocycles. The van der Waals surface area contributed by atoms with Gasteiger partial charge in [0.2, 0.25) is 5.88 Å². The first-order valence-corrected chi connectivity index (χ1v) is 9.96. The Morgan fingerprint density at radius 2 is 2.07 bits per heavy atom. The third-order valence-electron chi connectivity index (χ3n) is 4.83. The summed E-state index contributed by atoms with van der Waals surface area (Å²) in [7, 11) is 1.60. The van der Waals surface area contributed by atoms with Crippen LogP contribution in [0.25, 0.3) is 10.9 Å². The summed E-state index contributed by atoms with van der Waals surface area (Å²) in [6.45, 7) is 3.84. The van der Waals surface area contributed by atoms with Gasteiger partial charge in [0.1, 0.15) is 5.82 Å². The molecule has 3 aromatic rings. The fourth-order valence-electron chi connectivity index (χ4n) is 3.52. The zero-order valence-electron chi connectivity index (χ0n) is 15.5. The first-order valence-electron chi connectivity index (χ1n) is 8.74. The average molecular weight is 384 g/mol. The Balaban J connectivity index is 1.52. The van der Waals surface area contributed by atoms with E-state index < -0.39 is 0 Å². The molecule has 1 aliphatic rings. The van der Waals surface area contributed by atoms with Gasteiger partial charge in [-0.3, -0.25) is 0 Å². The normalized spacial score (nSPS) is 15.3. The second-order valence-corrected chi connectivity index (χ2v) is 7.35. The molecule has 4 rings (SSSR count). The van der Waals surface area contributed by atoms with Gasteiger partial charge in [0.05, 0.1) is 25.0 Å². The van der Waals surface area contributed by atoms with E-state index in [1.807, 2.05) is 30.5 Å². The van der Waals surface area contributed by atoms with Crippen LogP contribution in [0.5, 0.6) is 5.88 Å². The van der Waals surface area contributed by atoms with Crippen LogP contribution in [0.1, 0.15) is 11.7 Å². The SMILES string of the molecule is COc1ccc(N=C(SC)N2CC(n3c(C)cc4cc(F)ccc43)C2)cn1. The number of rotatable bonds is 3. The lowest BCUT2D eigenvalue weighted by atomic mass is 10.1. The molecule has 0 N–H and O–H groups in total. The molecule has 27 heavy (non-hydrogen) atoms. The van der Waals surface area contributed by atoms with Crippen molar-refractivity contribution < 1.29 is 9.13 Å². The molecular weight excluding hydrogens is 363 g/mol. The van der Waals surface area contributed by atoms with Crippen molar-refractivity contribution in [3.63, 3.8) is 0 Å². The Labute approximate surface area is 161 Å². The Bertz CT molecular complexity index is 993. The summed E-state index contributed by atoms with van der Waals surface area (Å²) in [5.74, 6) is 0.384. The minimum Gasteiger partial charge on any atom is -0.481 e. The first-order chi connectivity index (χ1) is 13.1. The molecule has 0 atom stereocenters. The number of hydrogen-bond acceptors (Lipinski definition) is 4. The van der Waals surface area contributed by atoms with Crippen LogP contribution in [-0.4, -0.2) is 46.1 Å². The monoisotopic (exact) mass is 384 g/mol. The third-order valence-corrected chi connectivity index (χ3v) is 5.54. The van der Waals surface area contributed by atoms with E-state index in [2.05, 4.69) is 21.4 Å². The number of aliphatic imine (C=N–C) groups is 1.